The van der Waals surface area contributed by atoms with E-state index in [0.717, 1.165) is 6.42 Å². The molecule has 0 aliphatic carbocycles. The zero-order valence-electron chi connectivity index (χ0n) is 15.4. The van der Waals surface area contributed by atoms with Crippen molar-refractivity contribution in [3.63, 3.8) is 0 Å². The van der Waals surface area contributed by atoms with Crippen LogP contribution in [-0.2, 0) is 11.3 Å². The highest BCUT2D eigenvalue weighted by molar-refractivity contribution is 5.82. The monoisotopic (exact) mass is 380 g/mol. The predicted octanol–water partition coefficient (Wildman–Crippen LogP) is 2.15. The fourth-order valence-corrected chi connectivity index (χ4v) is 3.23. The molecule has 8 heteroatoms. The zero-order chi connectivity index (χ0) is 19.5. The molecule has 2 atom stereocenters. The van der Waals surface area contributed by atoms with Gasteiger partial charge in [0, 0.05) is 17.8 Å². The number of benzene rings is 1. The van der Waals surface area contributed by atoms with Crippen LogP contribution < -0.4 is 16.2 Å². The van der Waals surface area contributed by atoms with Crippen LogP contribution in [0.2, 0.25) is 0 Å². The first-order chi connectivity index (χ1) is 13.6. The second-order valence-corrected chi connectivity index (χ2v) is 6.83. The number of H-pyrrole nitrogens is 1. The van der Waals surface area contributed by atoms with Crippen molar-refractivity contribution < 1.29 is 9.18 Å². The Morgan fingerprint density at radius 3 is 2.86 bits per heavy atom. The molecule has 0 saturated carbocycles. The zero-order valence-corrected chi connectivity index (χ0v) is 15.4. The summed E-state index contributed by atoms with van der Waals surface area (Å²) in [5.41, 5.74) is 8.62. The van der Waals surface area contributed by atoms with Crippen molar-refractivity contribution in [1.29, 1.82) is 0 Å². The molecule has 2 aromatic heterocycles. The molecule has 3 aromatic rings. The summed E-state index contributed by atoms with van der Waals surface area (Å²) in [5, 5.41) is 2.89. The predicted molar refractivity (Wildman–Crippen MR) is 103 cm³/mol. The lowest BCUT2D eigenvalue weighted by Crippen LogP contribution is -2.43. The van der Waals surface area contributed by atoms with Crippen LogP contribution in [0.5, 0.6) is 0 Å². The van der Waals surface area contributed by atoms with Gasteiger partial charge in [0.1, 0.15) is 17.7 Å². The summed E-state index contributed by atoms with van der Waals surface area (Å²) in [5.74, 6) is 0.142. The Labute approximate surface area is 161 Å². The van der Waals surface area contributed by atoms with Crippen molar-refractivity contribution >= 4 is 5.91 Å². The lowest BCUT2D eigenvalue weighted by atomic mass is 10.1. The number of aromatic nitrogens is 3. The number of hydrazine groups is 1. The van der Waals surface area contributed by atoms with Gasteiger partial charge in [-0.1, -0.05) is 18.2 Å². The molecule has 0 radical (unpaired) electrons. The third-order valence-corrected chi connectivity index (χ3v) is 4.61. The summed E-state index contributed by atoms with van der Waals surface area (Å²) in [6.45, 7) is 2.25. The third-order valence-electron chi connectivity index (χ3n) is 4.61. The Morgan fingerprint density at radius 1 is 1.25 bits per heavy atom. The van der Waals surface area contributed by atoms with Crippen LogP contribution in [0.4, 0.5) is 4.39 Å². The first-order valence-electron chi connectivity index (χ1n) is 9.15. The van der Waals surface area contributed by atoms with Gasteiger partial charge >= 0.3 is 0 Å². The number of nitrogens with zero attached hydrogens (tertiary/aromatic N) is 2. The van der Waals surface area contributed by atoms with Crippen LogP contribution in [0.15, 0.2) is 48.7 Å². The Kier molecular flexibility index (Phi) is 5.14. The Morgan fingerprint density at radius 2 is 2.14 bits per heavy atom. The molecule has 1 saturated heterocycles. The van der Waals surface area contributed by atoms with E-state index >= 15 is 0 Å². The summed E-state index contributed by atoms with van der Waals surface area (Å²) in [7, 11) is 0. The topological polar surface area (TPSA) is 94.7 Å². The van der Waals surface area contributed by atoms with E-state index in [9.17, 15) is 9.18 Å². The molecular formula is C20H21FN6O. The van der Waals surface area contributed by atoms with E-state index in [2.05, 4.69) is 31.1 Å². The van der Waals surface area contributed by atoms with Crippen molar-refractivity contribution in [3.05, 3.63) is 60.3 Å². The number of hydrogen-bond donors (Lipinski definition) is 4. The van der Waals surface area contributed by atoms with Crippen molar-refractivity contribution in [2.75, 3.05) is 0 Å². The Hall–Kier alpha value is -3.10. The van der Waals surface area contributed by atoms with Gasteiger partial charge in [0.15, 0.2) is 0 Å². The normalized spacial score (nSPS) is 18.9. The SMILES string of the molecule is CC1CC(C(=O)NCc2nc(-c3cccc(F)c3)c(-c3ccccn3)[nH]2)NN1. The van der Waals surface area contributed by atoms with Crippen LogP contribution in [0.1, 0.15) is 19.2 Å². The van der Waals surface area contributed by atoms with E-state index in [1.807, 2.05) is 25.1 Å². The maximum atomic E-state index is 13.7. The van der Waals surface area contributed by atoms with Crippen LogP contribution in [0.3, 0.4) is 0 Å². The smallest absolute Gasteiger partial charge is 0.238 e. The maximum absolute atomic E-state index is 13.7. The highest BCUT2D eigenvalue weighted by Gasteiger charge is 2.26. The second-order valence-electron chi connectivity index (χ2n) is 6.83. The third kappa shape index (κ3) is 3.92. The first kappa shape index (κ1) is 18.3. The largest absolute Gasteiger partial charge is 0.347 e. The number of nitrogens with one attached hydrogen (secondary N) is 4. The lowest BCUT2D eigenvalue weighted by Gasteiger charge is -2.09. The van der Waals surface area contributed by atoms with Gasteiger partial charge < -0.3 is 10.3 Å². The van der Waals surface area contributed by atoms with Crippen molar-refractivity contribution in [3.8, 4) is 22.6 Å². The number of pyridine rings is 1. The molecule has 4 N–H and O–H groups in total. The van der Waals surface area contributed by atoms with Crippen LogP contribution in [-0.4, -0.2) is 32.9 Å². The fraction of sp³-hybridized carbons (Fsp3) is 0.250. The maximum Gasteiger partial charge on any atom is 0.238 e. The van der Waals surface area contributed by atoms with Gasteiger partial charge in [0.2, 0.25) is 5.91 Å². The molecule has 4 rings (SSSR count). The second kappa shape index (κ2) is 7.87. The van der Waals surface area contributed by atoms with Gasteiger partial charge in [0.05, 0.1) is 23.6 Å². The molecule has 144 valence electrons. The molecule has 0 spiro atoms. The van der Waals surface area contributed by atoms with E-state index in [1.165, 1.54) is 12.1 Å². The van der Waals surface area contributed by atoms with Gasteiger partial charge in [-0.2, -0.15) is 0 Å². The highest BCUT2D eigenvalue weighted by atomic mass is 19.1. The van der Waals surface area contributed by atoms with Gasteiger partial charge in [0.25, 0.3) is 0 Å². The van der Waals surface area contributed by atoms with Gasteiger partial charge in [-0.3, -0.25) is 15.2 Å². The van der Waals surface area contributed by atoms with Crippen LogP contribution >= 0.6 is 0 Å². The summed E-state index contributed by atoms with van der Waals surface area (Å²) in [4.78, 5) is 24.5. The number of halogens is 1. The van der Waals surface area contributed by atoms with E-state index in [0.29, 0.717) is 28.5 Å². The summed E-state index contributed by atoms with van der Waals surface area (Å²) < 4.78 is 13.7. The number of aromatic amines is 1. The summed E-state index contributed by atoms with van der Waals surface area (Å²) in [6, 6.07) is 11.8. The number of imidazole rings is 1. The van der Waals surface area contributed by atoms with Crippen molar-refractivity contribution in [2.24, 2.45) is 0 Å². The number of rotatable bonds is 5. The minimum Gasteiger partial charge on any atom is -0.347 e. The quantitative estimate of drug-likeness (QED) is 0.544. The van der Waals surface area contributed by atoms with E-state index < -0.39 is 0 Å². The molecule has 2 unspecified atom stereocenters. The molecule has 1 aliphatic heterocycles. The highest BCUT2D eigenvalue weighted by Crippen LogP contribution is 2.29. The van der Waals surface area contributed by atoms with E-state index in [-0.39, 0.29) is 30.4 Å². The fourth-order valence-electron chi connectivity index (χ4n) is 3.23. The average Bonchev–Trinajstić information content (AvgIpc) is 3.33. The van der Waals surface area contributed by atoms with Gasteiger partial charge in [-0.15, -0.1) is 0 Å². The first-order valence-corrected chi connectivity index (χ1v) is 9.15. The molecule has 7 nitrogen and oxygen atoms in total. The van der Waals surface area contributed by atoms with E-state index in [1.54, 1.807) is 18.3 Å². The summed E-state index contributed by atoms with van der Waals surface area (Å²) >= 11 is 0. The number of carbonyl (C=O) groups excluding carboxylic acids is 1. The molecule has 28 heavy (non-hydrogen) atoms. The molecule has 3 heterocycles. The van der Waals surface area contributed by atoms with Crippen LogP contribution in [0.25, 0.3) is 22.6 Å². The average molecular weight is 380 g/mol. The molecule has 1 aromatic carbocycles. The minimum absolute atomic E-state index is 0.0973. The number of carbonyl (C=O) groups is 1. The van der Waals surface area contributed by atoms with Crippen LogP contribution in [0, 0.1) is 5.82 Å². The molecule has 0 bridgehead atoms. The number of amides is 1. The van der Waals surface area contributed by atoms with Gasteiger partial charge in [-0.05, 0) is 37.6 Å². The number of hydrogen-bond acceptors (Lipinski definition) is 5. The lowest BCUT2D eigenvalue weighted by molar-refractivity contribution is -0.123. The van der Waals surface area contributed by atoms with Gasteiger partial charge in [-0.25, -0.2) is 14.8 Å². The van der Waals surface area contributed by atoms with E-state index in [4.69, 9.17) is 0 Å². The Balaban J connectivity index is 1.59. The molecule has 1 aliphatic rings. The molecule has 1 amide bonds. The molecule has 1 fully saturated rings. The Bertz CT molecular complexity index is 974. The van der Waals surface area contributed by atoms with Crippen molar-refractivity contribution in [2.45, 2.75) is 32.0 Å². The van der Waals surface area contributed by atoms with Crippen molar-refractivity contribution in [1.82, 2.24) is 31.1 Å². The summed E-state index contributed by atoms with van der Waals surface area (Å²) in [6.07, 6.45) is 2.41. The molecular weight excluding hydrogens is 359 g/mol. The minimum atomic E-state index is -0.337. The standard InChI is InChI=1S/C20H21FN6O/c1-12-9-16(27-26-12)20(28)23-11-17-24-18(13-5-4-6-14(21)10-13)19(25-17)15-7-2-3-8-22-15/h2-8,10,12,16,26-27H,9,11H2,1H3,(H,23,28)(H,24,25).